The van der Waals surface area contributed by atoms with Gasteiger partial charge in [-0.05, 0) is 46.5 Å². The Kier molecular flexibility index (Phi) is 3.69. The van der Waals surface area contributed by atoms with Gasteiger partial charge in [0.25, 0.3) is 0 Å². The van der Waals surface area contributed by atoms with E-state index in [1.165, 1.54) is 0 Å². The molecule has 92 valence electrons. The molecule has 1 fully saturated rings. The van der Waals surface area contributed by atoms with Gasteiger partial charge in [-0.25, -0.2) is 0 Å². The summed E-state index contributed by atoms with van der Waals surface area (Å²) in [5, 5.41) is 0. The van der Waals surface area contributed by atoms with Crippen LogP contribution in [0.2, 0.25) is 0 Å². The van der Waals surface area contributed by atoms with E-state index in [9.17, 15) is 4.79 Å². The zero-order valence-electron chi connectivity index (χ0n) is 9.53. The summed E-state index contributed by atoms with van der Waals surface area (Å²) in [6, 6.07) is 5.78. The Hall–Kier alpha value is -1.07. The van der Waals surface area contributed by atoms with Gasteiger partial charge in [0.05, 0.1) is 5.69 Å². The molecular formula is C12H16BrN3O. The molecule has 17 heavy (non-hydrogen) atoms. The lowest BCUT2D eigenvalue weighted by Crippen LogP contribution is -2.40. The van der Waals surface area contributed by atoms with Crippen molar-refractivity contribution in [2.24, 2.45) is 11.5 Å². The van der Waals surface area contributed by atoms with Crippen LogP contribution in [0.3, 0.4) is 0 Å². The summed E-state index contributed by atoms with van der Waals surface area (Å²) in [5.74, 6) is -0.252. The third kappa shape index (κ3) is 2.45. The van der Waals surface area contributed by atoms with Gasteiger partial charge in [-0.15, -0.1) is 0 Å². The van der Waals surface area contributed by atoms with Gasteiger partial charge in [0.2, 0.25) is 5.91 Å². The molecule has 1 unspecified atom stereocenters. The van der Waals surface area contributed by atoms with Crippen LogP contribution in [0, 0.1) is 0 Å². The first-order valence-corrected chi connectivity index (χ1v) is 6.47. The second-order valence-corrected chi connectivity index (χ2v) is 5.10. The van der Waals surface area contributed by atoms with Crippen LogP contribution in [-0.2, 0) is 11.3 Å². The molecule has 0 radical (unpaired) electrons. The maximum Gasteiger partial charge on any atom is 0.240 e. The number of benzene rings is 1. The Labute approximate surface area is 109 Å². The molecule has 1 amide bonds. The smallest absolute Gasteiger partial charge is 0.240 e. The molecule has 0 spiro atoms. The highest BCUT2D eigenvalue weighted by Gasteiger charge is 2.30. The molecule has 1 aliphatic rings. The van der Waals surface area contributed by atoms with Gasteiger partial charge < -0.3 is 16.4 Å². The molecule has 0 saturated carbocycles. The van der Waals surface area contributed by atoms with E-state index in [0.29, 0.717) is 6.54 Å². The number of hydrogen-bond acceptors (Lipinski definition) is 3. The molecule has 0 aliphatic carbocycles. The first-order valence-electron chi connectivity index (χ1n) is 5.68. The highest BCUT2D eigenvalue weighted by Crippen LogP contribution is 2.32. The highest BCUT2D eigenvalue weighted by atomic mass is 79.9. The van der Waals surface area contributed by atoms with E-state index < -0.39 is 0 Å². The normalized spacial score (nSPS) is 19.6. The molecule has 1 heterocycles. The zero-order chi connectivity index (χ0) is 12.4. The van der Waals surface area contributed by atoms with Crippen molar-refractivity contribution < 1.29 is 4.79 Å². The molecule has 0 bridgehead atoms. The third-order valence-corrected chi connectivity index (χ3v) is 3.77. The van der Waals surface area contributed by atoms with Crippen molar-refractivity contribution in [2.45, 2.75) is 25.4 Å². The van der Waals surface area contributed by atoms with Gasteiger partial charge in [-0.2, -0.15) is 0 Å². The molecular weight excluding hydrogens is 282 g/mol. The number of amides is 1. The van der Waals surface area contributed by atoms with Crippen molar-refractivity contribution in [2.75, 3.05) is 11.4 Å². The largest absolute Gasteiger partial charge is 0.368 e. The van der Waals surface area contributed by atoms with Gasteiger partial charge in [0.1, 0.15) is 6.04 Å². The Morgan fingerprint density at radius 1 is 1.53 bits per heavy atom. The minimum absolute atomic E-state index is 0.185. The van der Waals surface area contributed by atoms with Crippen molar-refractivity contribution in [1.29, 1.82) is 0 Å². The Bertz CT molecular complexity index is 436. The van der Waals surface area contributed by atoms with E-state index in [1.54, 1.807) is 0 Å². The Balaban J connectivity index is 2.30. The minimum Gasteiger partial charge on any atom is -0.368 e. The van der Waals surface area contributed by atoms with E-state index in [-0.39, 0.29) is 11.9 Å². The average molecular weight is 298 g/mol. The average Bonchev–Trinajstić information content (AvgIpc) is 2.77. The fraction of sp³-hybridized carbons (Fsp3) is 0.417. The fourth-order valence-corrected chi connectivity index (χ4v) is 2.92. The molecule has 1 atom stereocenters. The number of carbonyl (C=O) groups excluding carboxylic acids is 1. The highest BCUT2D eigenvalue weighted by molar-refractivity contribution is 9.10. The monoisotopic (exact) mass is 297 g/mol. The van der Waals surface area contributed by atoms with E-state index in [0.717, 1.165) is 35.1 Å². The summed E-state index contributed by atoms with van der Waals surface area (Å²) in [5.41, 5.74) is 13.1. The molecule has 2 rings (SSSR count). The zero-order valence-corrected chi connectivity index (χ0v) is 11.1. The number of halogens is 1. The first kappa shape index (κ1) is 12.4. The third-order valence-electron chi connectivity index (χ3n) is 3.14. The van der Waals surface area contributed by atoms with Crippen molar-refractivity contribution >= 4 is 27.5 Å². The lowest BCUT2D eigenvalue weighted by molar-refractivity contribution is -0.119. The van der Waals surface area contributed by atoms with Crippen molar-refractivity contribution in [1.82, 2.24) is 0 Å². The number of nitrogens with two attached hydrogens (primary N) is 2. The summed E-state index contributed by atoms with van der Waals surface area (Å²) in [4.78, 5) is 13.4. The van der Waals surface area contributed by atoms with Crippen LogP contribution in [-0.4, -0.2) is 18.5 Å². The van der Waals surface area contributed by atoms with Crippen molar-refractivity contribution in [3.05, 3.63) is 28.2 Å². The molecule has 1 aromatic rings. The SMILES string of the molecule is NCc1ccc(N2CCCC2C(N)=O)c(Br)c1. The van der Waals surface area contributed by atoms with Gasteiger partial charge in [0, 0.05) is 17.6 Å². The van der Waals surface area contributed by atoms with Gasteiger partial charge >= 0.3 is 0 Å². The van der Waals surface area contributed by atoms with Gasteiger partial charge in [-0.1, -0.05) is 6.07 Å². The first-order chi connectivity index (χ1) is 8.13. The van der Waals surface area contributed by atoms with E-state index in [1.807, 2.05) is 18.2 Å². The van der Waals surface area contributed by atoms with Crippen molar-refractivity contribution in [3.63, 3.8) is 0 Å². The second kappa shape index (κ2) is 5.06. The summed E-state index contributed by atoms with van der Waals surface area (Å²) in [6.07, 6.45) is 1.83. The second-order valence-electron chi connectivity index (χ2n) is 4.24. The maximum atomic E-state index is 11.4. The lowest BCUT2D eigenvalue weighted by Gasteiger charge is -2.25. The Morgan fingerprint density at radius 2 is 2.29 bits per heavy atom. The minimum atomic E-state index is -0.252. The van der Waals surface area contributed by atoms with Crippen LogP contribution >= 0.6 is 15.9 Å². The molecule has 4 N–H and O–H groups in total. The lowest BCUT2D eigenvalue weighted by atomic mass is 10.1. The number of hydrogen-bond donors (Lipinski definition) is 2. The van der Waals surface area contributed by atoms with Crippen LogP contribution in [0.1, 0.15) is 18.4 Å². The molecule has 5 heteroatoms. The summed E-state index contributed by atoms with van der Waals surface area (Å²) >= 11 is 3.53. The predicted octanol–water partition coefficient (Wildman–Crippen LogP) is 1.36. The molecule has 1 saturated heterocycles. The summed E-state index contributed by atoms with van der Waals surface area (Å²) in [6.45, 7) is 1.38. The maximum absolute atomic E-state index is 11.4. The van der Waals surface area contributed by atoms with Crippen LogP contribution in [0.5, 0.6) is 0 Å². The fourth-order valence-electron chi connectivity index (χ4n) is 2.26. The number of primary amides is 1. The quantitative estimate of drug-likeness (QED) is 0.885. The summed E-state index contributed by atoms with van der Waals surface area (Å²) < 4.78 is 0.966. The molecule has 1 aromatic carbocycles. The van der Waals surface area contributed by atoms with Gasteiger partial charge in [0.15, 0.2) is 0 Å². The van der Waals surface area contributed by atoms with E-state index in [2.05, 4.69) is 20.8 Å². The standard InChI is InChI=1S/C12H16BrN3O/c13-9-6-8(7-14)3-4-10(9)16-5-1-2-11(16)12(15)17/h3-4,6,11H,1-2,5,7,14H2,(H2,15,17). The number of carbonyl (C=O) groups is 1. The number of anilines is 1. The molecule has 0 aromatic heterocycles. The van der Waals surface area contributed by atoms with Crippen LogP contribution in [0.15, 0.2) is 22.7 Å². The summed E-state index contributed by atoms with van der Waals surface area (Å²) in [7, 11) is 0. The van der Waals surface area contributed by atoms with E-state index >= 15 is 0 Å². The predicted molar refractivity (Wildman–Crippen MR) is 71.6 cm³/mol. The van der Waals surface area contributed by atoms with Crippen molar-refractivity contribution in [3.8, 4) is 0 Å². The molecule has 1 aliphatic heterocycles. The number of rotatable bonds is 3. The Morgan fingerprint density at radius 3 is 2.88 bits per heavy atom. The van der Waals surface area contributed by atoms with Crippen LogP contribution in [0.4, 0.5) is 5.69 Å². The van der Waals surface area contributed by atoms with Crippen LogP contribution in [0.25, 0.3) is 0 Å². The van der Waals surface area contributed by atoms with Gasteiger partial charge in [-0.3, -0.25) is 4.79 Å². The topological polar surface area (TPSA) is 72.3 Å². The number of nitrogens with zero attached hydrogens (tertiary/aromatic N) is 1. The van der Waals surface area contributed by atoms with E-state index in [4.69, 9.17) is 11.5 Å². The molecule has 4 nitrogen and oxygen atoms in total. The van der Waals surface area contributed by atoms with Crippen LogP contribution < -0.4 is 16.4 Å².